The summed E-state index contributed by atoms with van der Waals surface area (Å²) in [5, 5.41) is 0. The highest BCUT2D eigenvalue weighted by molar-refractivity contribution is 7.12. The Balaban J connectivity index is 1.64. The van der Waals surface area contributed by atoms with Gasteiger partial charge in [-0.05, 0) is 67.3 Å². The summed E-state index contributed by atoms with van der Waals surface area (Å²) in [6.07, 6.45) is 7.35. The fraction of sp³-hybridized carbons (Fsp3) is 0.444. The second-order valence-electron chi connectivity index (χ2n) is 6.10. The van der Waals surface area contributed by atoms with Crippen LogP contribution in [0.1, 0.15) is 51.7 Å². The lowest BCUT2D eigenvalue weighted by Crippen LogP contribution is -2.13. The van der Waals surface area contributed by atoms with Crippen molar-refractivity contribution in [2.75, 3.05) is 6.61 Å². The van der Waals surface area contributed by atoms with E-state index in [9.17, 15) is 0 Å². The molecule has 2 aromatic rings. The molecule has 0 radical (unpaired) electrons. The third-order valence-electron chi connectivity index (χ3n) is 4.61. The first-order valence-electron chi connectivity index (χ1n) is 7.94. The molecule has 2 nitrogen and oxygen atoms in total. The zero-order valence-corrected chi connectivity index (χ0v) is 13.0. The molecule has 1 aromatic carbocycles. The largest absolute Gasteiger partial charge is 0.493 e. The highest BCUT2D eigenvalue weighted by atomic mass is 32.1. The quantitative estimate of drug-likeness (QED) is 0.909. The second-order valence-corrected chi connectivity index (χ2v) is 7.27. The average Bonchev–Trinajstić information content (AvgIpc) is 2.97. The number of fused-ring (bicyclic) bond motifs is 2. The predicted octanol–water partition coefficient (Wildman–Crippen LogP) is 4.00. The minimum absolute atomic E-state index is 0.00725. The van der Waals surface area contributed by atoms with Crippen molar-refractivity contribution in [3.05, 3.63) is 50.7 Å². The van der Waals surface area contributed by atoms with E-state index in [4.69, 9.17) is 10.5 Å². The molecule has 1 unspecified atom stereocenters. The van der Waals surface area contributed by atoms with E-state index in [1.165, 1.54) is 47.3 Å². The number of ether oxygens (including phenoxy) is 1. The lowest BCUT2D eigenvalue weighted by Gasteiger charge is -2.19. The standard InChI is InChI=1S/C18H21NOS/c19-18(17-11-13-4-1-2-6-16(13)21-17)14-7-8-15-12(10-14)5-3-9-20-15/h7-8,10-11,18H,1-6,9,19H2. The Morgan fingerprint density at radius 2 is 1.86 bits per heavy atom. The molecule has 2 aliphatic rings. The average molecular weight is 299 g/mol. The van der Waals surface area contributed by atoms with Crippen molar-refractivity contribution in [1.82, 2.24) is 0 Å². The van der Waals surface area contributed by atoms with Gasteiger partial charge in [0.1, 0.15) is 5.75 Å². The monoisotopic (exact) mass is 299 g/mol. The van der Waals surface area contributed by atoms with E-state index in [2.05, 4.69) is 24.3 Å². The van der Waals surface area contributed by atoms with Gasteiger partial charge in [0.05, 0.1) is 12.6 Å². The number of thiophene rings is 1. The van der Waals surface area contributed by atoms with Crippen LogP contribution in [0.2, 0.25) is 0 Å². The van der Waals surface area contributed by atoms with Gasteiger partial charge in [-0.2, -0.15) is 0 Å². The summed E-state index contributed by atoms with van der Waals surface area (Å²) >= 11 is 1.92. The molecule has 1 aliphatic heterocycles. The minimum atomic E-state index is 0.00725. The maximum absolute atomic E-state index is 6.53. The third kappa shape index (κ3) is 2.49. The van der Waals surface area contributed by atoms with E-state index in [0.717, 1.165) is 25.2 Å². The highest BCUT2D eigenvalue weighted by Crippen LogP contribution is 2.36. The number of hydrogen-bond acceptors (Lipinski definition) is 3. The first-order chi connectivity index (χ1) is 10.3. The van der Waals surface area contributed by atoms with Crippen molar-refractivity contribution in [2.24, 2.45) is 5.73 Å². The lowest BCUT2D eigenvalue weighted by atomic mass is 9.96. The molecule has 2 heterocycles. The topological polar surface area (TPSA) is 35.2 Å². The normalized spacial score (nSPS) is 18.5. The van der Waals surface area contributed by atoms with Crippen LogP contribution >= 0.6 is 11.3 Å². The molecule has 2 N–H and O–H groups in total. The van der Waals surface area contributed by atoms with E-state index < -0.39 is 0 Å². The van der Waals surface area contributed by atoms with Gasteiger partial charge in [-0.3, -0.25) is 0 Å². The van der Waals surface area contributed by atoms with Gasteiger partial charge in [0.15, 0.2) is 0 Å². The fourth-order valence-electron chi connectivity index (χ4n) is 3.40. The zero-order chi connectivity index (χ0) is 14.2. The maximum Gasteiger partial charge on any atom is 0.122 e. The first kappa shape index (κ1) is 13.4. The molecular formula is C18H21NOS. The zero-order valence-electron chi connectivity index (χ0n) is 12.2. The molecule has 0 amide bonds. The minimum Gasteiger partial charge on any atom is -0.493 e. The van der Waals surface area contributed by atoms with Crippen molar-refractivity contribution in [2.45, 2.75) is 44.6 Å². The van der Waals surface area contributed by atoms with Gasteiger partial charge < -0.3 is 10.5 Å². The molecule has 0 bridgehead atoms. The van der Waals surface area contributed by atoms with E-state index >= 15 is 0 Å². The van der Waals surface area contributed by atoms with Crippen LogP contribution in [0, 0.1) is 0 Å². The van der Waals surface area contributed by atoms with E-state index in [-0.39, 0.29) is 6.04 Å². The summed E-state index contributed by atoms with van der Waals surface area (Å²) in [6.45, 7) is 0.843. The first-order valence-corrected chi connectivity index (χ1v) is 8.75. The van der Waals surface area contributed by atoms with Gasteiger partial charge >= 0.3 is 0 Å². The molecule has 1 aromatic heterocycles. The second kappa shape index (κ2) is 5.47. The number of aryl methyl sites for hydroxylation is 3. The van der Waals surface area contributed by atoms with Crippen LogP contribution in [0.4, 0.5) is 0 Å². The van der Waals surface area contributed by atoms with Crippen LogP contribution in [0.5, 0.6) is 5.75 Å². The van der Waals surface area contributed by atoms with E-state index in [1.807, 2.05) is 11.3 Å². The smallest absolute Gasteiger partial charge is 0.122 e. The van der Waals surface area contributed by atoms with Gasteiger partial charge in [0, 0.05) is 9.75 Å². The molecule has 0 fully saturated rings. The van der Waals surface area contributed by atoms with Crippen LogP contribution in [0.15, 0.2) is 24.3 Å². The lowest BCUT2D eigenvalue weighted by molar-refractivity contribution is 0.288. The maximum atomic E-state index is 6.53. The van der Waals surface area contributed by atoms with Crippen molar-refractivity contribution in [3.8, 4) is 5.75 Å². The predicted molar refractivity (Wildman–Crippen MR) is 87.2 cm³/mol. The molecule has 0 spiro atoms. The Bertz CT molecular complexity index is 638. The SMILES string of the molecule is NC(c1ccc2c(c1)CCCO2)c1cc2c(s1)CCCC2. The molecule has 4 rings (SSSR count). The summed E-state index contributed by atoms with van der Waals surface area (Å²) < 4.78 is 5.69. The number of benzene rings is 1. The van der Waals surface area contributed by atoms with Gasteiger partial charge in [0.25, 0.3) is 0 Å². The Hall–Kier alpha value is -1.32. The molecular weight excluding hydrogens is 278 g/mol. The summed E-state index contributed by atoms with van der Waals surface area (Å²) in [5.74, 6) is 1.04. The van der Waals surface area contributed by atoms with Crippen molar-refractivity contribution >= 4 is 11.3 Å². The van der Waals surface area contributed by atoms with Gasteiger partial charge in [-0.1, -0.05) is 12.1 Å². The highest BCUT2D eigenvalue weighted by Gasteiger charge is 2.19. The van der Waals surface area contributed by atoms with Gasteiger partial charge in [0.2, 0.25) is 0 Å². The molecule has 0 saturated carbocycles. The van der Waals surface area contributed by atoms with Crippen LogP contribution in [-0.2, 0) is 19.3 Å². The van der Waals surface area contributed by atoms with Crippen LogP contribution in [0.25, 0.3) is 0 Å². The van der Waals surface area contributed by atoms with Crippen LogP contribution in [-0.4, -0.2) is 6.61 Å². The Morgan fingerprint density at radius 3 is 2.76 bits per heavy atom. The van der Waals surface area contributed by atoms with Crippen molar-refractivity contribution in [1.29, 1.82) is 0 Å². The summed E-state index contributed by atoms with van der Waals surface area (Å²) in [4.78, 5) is 2.88. The summed E-state index contributed by atoms with van der Waals surface area (Å²) in [7, 11) is 0. The molecule has 110 valence electrons. The Morgan fingerprint density at radius 1 is 1.00 bits per heavy atom. The van der Waals surface area contributed by atoms with E-state index in [1.54, 1.807) is 4.88 Å². The fourth-order valence-corrected chi connectivity index (χ4v) is 4.69. The molecule has 1 aliphatic carbocycles. The Kier molecular flexibility index (Phi) is 3.48. The number of nitrogens with two attached hydrogens (primary N) is 1. The molecule has 3 heteroatoms. The molecule has 21 heavy (non-hydrogen) atoms. The van der Waals surface area contributed by atoms with Crippen molar-refractivity contribution < 1.29 is 4.74 Å². The number of rotatable bonds is 2. The van der Waals surface area contributed by atoms with Gasteiger partial charge in [-0.25, -0.2) is 0 Å². The van der Waals surface area contributed by atoms with Gasteiger partial charge in [-0.15, -0.1) is 11.3 Å². The Labute approximate surface area is 129 Å². The van der Waals surface area contributed by atoms with Crippen LogP contribution in [0.3, 0.4) is 0 Å². The van der Waals surface area contributed by atoms with Crippen LogP contribution < -0.4 is 10.5 Å². The number of hydrogen-bond donors (Lipinski definition) is 1. The molecule has 1 atom stereocenters. The third-order valence-corrected chi connectivity index (χ3v) is 5.93. The summed E-state index contributed by atoms with van der Waals surface area (Å²) in [5.41, 5.74) is 10.6. The van der Waals surface area contributed by atoms with E-state index in [0.29, 0.717) is 0 Å². The molecule has 0 saturated heterocycles. The van der Waals surface area contributed by atoms with Crippen molar-refractivity contribution in [3.63, 3.8) is 0 Å². The summed E-state index contributed by atoms with van der Waals surface area (Å²) in [6, 6.07) is 8.83.